The van der Waals surface area contributed by atoms with E-state index in [9.17, 15) is 13.2 Å². The molecule has 2 aromatic carbocycles. The van der Waals surface area contributed by atoms with Gasteiger partial charge in [-0.15, -0.1) is 0 Å². The summed E-state index contributed by atoms with van der Waals surface area (Å²) in [6.45, 7) is 6.19. The molecule has 0 atom stereocenters. The Hall–Kier alpha value is -3.44. The summed E-state index contributed by atoms with van der Waals surface area (Å²) in [5.41, 5.74) is 1.54. The Balaban J connectivity index is 1.62. The fourth-order valence-electron chi connectivity index (χ4n) is 3.62. The Morgan fingerprint density at radius 1 is 1.11 bits per heavy atom. The van der Waals surface area contributed by atoms with Crippen LogP contribution in [0.25, 0.3) is 6.08 Å². The van der Waals surface area contributed by atoms with Gasteiger partial charge in [0, 0.05) is 0 Å². The molecule has 2 heterocycles. The smallest absolute Gasteiger partial charge is 0.283 e. The van der Waals surface area contributed by atoms with Crippen LogP contribution in [0.1, 0.15) is 31.9 Å². The molecule has 1 N–H and O–H groups in total. The van der Waals surface area contributed by atoms with E-state index in [1.165, 1.54) is 6.08 Å². The molecule has 188 valence electrons. The largest absolute Gasteiger partial charge is 0.490 e. The average Bonchev–Trinajstić information content (AvgIpc) is 3.26. The maximum Gasteiger partial charge on any atom is 0.283 e. The molecule has 0 radical (unpaired) electrons. The number of fused-ring (bicyclic) bond motifs is 1. The van der Waals surface area contributed by atoms with Crippen molar-refractivity contribution in [2.45, 2.75) is 27.4 Å². The number of hydrogen-bond acceptors (Lipinski definition) is 8. The van der Waals surface area contributed by atoms with E-state index in [0.29, 0.717) is 30.3 Å². The van der Waals surface area contributed by atoms with E-state index < -0.39 is 15.7 Å². The van der Waals surface area contributed by atoms with E-state index in [4.69, 9.17) is 14.9 Å². The van der Waals surface area contributed by atoms with Gasteiger partial charge in [0.15, 0.2) is 11.5 Å². The summed E-state index contributed by atoms with van der Waals surface area (Å²) < 4.78 is 41.4. The second-order valence-electron chi connectivity index (χ2n) is 8.50. The number of nitrogens with one attached hydrogen (secondary N) is 1. The summed E-state index contributed by atoms with van der Waals surface area (Å²) in [4.78, 5) is 17.8. The van der Waals surface area contributed by atoms with Crippen molar-refractivity contribution >= 4 is 49.9 Å². The third-order valence-electron chi connectivity index (χ3n) is 5.14. The van der Waals surface area contributed by atoms with Crippen molar-refractivity contribution in [1.29, 1.82) is 5.41 Å². The second kappa shape index (κ2) is 10.7. The number of ether oxygens (including phenoxy) is 2. The number of benzene rings is 2. The number of hydrogen-bond donors (Lipinski definition) is 1. The average molecular weight is 527 g/mol. The lowest BCUT2D eigenvalue weighted by Gasteiger charge is -2.24. The van der Waals surface area contributed by atoms with Crippen molar-refractivity contribution in [3.05, 3.63) is 65.2 Å². The molecule has 9 nitrogen and oxygen atoms in total. The van der Waals surface area contributed by atoms with Crippen LogP contribution in [0.5, 0.6) is 11.5 Å². The van der Waals surface area contributed by atoms with Crippen molar-refractivity contribution in [2.75, 3.05) is 12.4 Å². The monoisotopic (exact) mass is 526 g/mol. The zero-order valence-corrected chi connectivity index (χ0v) is 21.7. The standard InChI is InChI=1S/C25H26N4O5S2/c1-4-33-21-13-18(10-11-20(21)34-14-17-8-6-5-7-9-17)12-19-22(26)29-24(27-23(19)30)35-28-25(29)36(31,32)15-16(2)3/h5-13,16,26H,4,14-15H2,1-3H3/b19-12-,26-22?. The number of nitrogens with zero attached hydrogens (tertiary/aromatic N) is 3. The number of carbonyl (C=O) groups is 1. The van der Waals surface area contributed by atoms with E-state index in [2.05, 4.69) is 9.39 Å². The highest BCUT2D eigenvalue weighted by Crippen LogP contribution is 2.33. The van der Waals surface area contributed by atoms with Gasteiger partial charge in [0.2, 0.25) is 20.2 Å². The first-order valence-corrected chi connectivity index (χ1v) is 13.8. The lowest BCUT2D eigenvalue weighted by atomic mass is 10.1. The summed E-state index contributed by atoms with van der Waals surface area (Å²) in [7, 11) is -3.77. The van der Waals surface area contributed by atoms with Gasteiger partial charge in [-0.2, -0.15) is 9.39 Å². The zero-order valence-electron chi connectivity index (χ0n) is 20.1. The number of carbonyl (C=O) groups excluding carboxylic acids is 1. The van der Waals surface area contributed by atoms with Crippen molar-refractivity contribution in [2.24, 2.45) is 15.3 Å². The zero-order chi connectivity index (χ0) is 25.9. The van der Waals surface area contributed by atoms with Crippen LogP contribution < -0.4 is 9.47 Å². The molecule has 2 aliphatic heterocycles. The van der Waals surface area contributed by atoms with Crippen LogP contribution in [-0.2, 0) is 21.2 Å². The maximum atomic E-state index is 12.8. The minimum atomic E-state index is -3.77. The molecule has 0 aromatic heterocycles. The molecule has 0 spiro atoms. The summed E-state index contributed by atoms with van der Waals surface area (Å²) in [6.07, 6.45) is 1.49. The Labute approximate surface area is 214 Å². The van der Waals surface area contributed by atoms with E-state index in [1.807, 2.05) is 37.3 Å². The maximum absolute atomic E-state index is 12.8. The number of rotatable bonds is 8. The molecule has 0 fully saturated rings. The van der Waals surface area contributed by atoms with E-state index in [1.54, 1.807) is 32.0 Å². The molecule has 0 bridgehead atoms. The highest BCUT2D eigenvalue weighted by Gasteiger charge is 2.42. The molecular formula is C25H26N4O5S2. The molecule has 2 aliphatic rings. The molecule has 0 saturated heterocycles. The normalized spacial score (nSPS) is 16.8. The summed E-state index contributed by atoms with van der Waals surface area (Å²) >= 11 is 0.778. The summed E-state index contributed by atoms with van der Waals surface area (Å²) in [5, 5.41) is 8.41. The van der Waals surface area contributed by atoms with Crippen molar-refractivity contribution in [3.8, 4) is 11.5 Å². The predicted octanol–water partition coefficient (Wildman–Crippen LogP) is 4.31. The van der Waals surface area contributed by atoms with Crippen LogP contribution >= 0.6 is 11.9 Å². The van der Waals surface area contributed by atoms with E-state index in [0.717, 1.165) is 22.4 Å². The van der Waals surface area contributed by atoms with Crippen LogP contribution in [0.3, 0.4) is 0 Å². The third-order valence-corrected chi connectivity index (χ3v) is 7.89. The van der Waals surface area contributed by atoms with Gasteiger partial charge in [0.25, 0.3) is 5.91 Å². The van der Waals surface area contributed by atoms with Gasteiger partial charge in [-0.25, -0.2) is 13.3 Å². The Morgan fingerprint density at radius 2 is 1.86 bits per heavy atom. The first kappa shape index (κ1) is 25.6. The molecule has 0 unspecified atom stereocenters. The predicted molar refractivity (Wildman–Crippen MR) is 142 cm³/mol. The minimum Gasteiger partial charge on any atom is -0.490 e. The molecule has 2 aromatic rings. The van der Waals surface area contributed by atoms with Crippen molar-refractivity contribution < 1.29 is 22.7 Å². The molecule has 0 aliphatic carbocycles. The van der Waals surface area contributed by atoms with Gasteiger partial charge in [-0.3, -0.25) is 10.2 Å². The summed E-state index contributed by atoms with van der Waals surface area (Å²) in [6, 6.07) is 14.9. The lowest BCUT2D eigenvalue weighted by molar-refractivity contribution is -0.114. The highest BCUT2D eigenvalue weighted by molar-refractivity contribution is 8.16. The minimum absolute atomic E-state index is 0.0471. The quantitative estimate of drug-likeness (QED) is 0.402. The lowest BCUT2D eigenvalue weighted by Crippen LogP contribution is -2.46. The highest BCUT2D eigenvalue weighted by atomic mass is 32.2. The second-order valence-corrected chi connectivity index (χ2v) is 11.2. The van der Waals surface area contributed by atoms with Crippen LogP contribution in [-0.4, -0.2) is 47.8 Å². The Bertz CT molecular complexity index is 1380. The van der Waals surface area contributed by atoms with Gasteiger partial charge >= 0.3 is 0 Å². The van der Waals surface area contributed by atoms with Crippen LogP contribution in [0.4, 0.5) is 0 Å². The Kier molecular flexibility index (Phi) is 7.60. The van der Waals surface area contributed by atoms with Gasteiger partial charge in [0.1, 0.15) is 12.4 Å². The van der Waals surface area contributed by atoms with Gasteiger partial charge in [0.05, 0.1) is 29.9 Å². The van der Waals surface area contributed by atoms with Crippen molar-refractivity contribution in [1.82, 2.24) is 4.90 Å². The molecule has 1 amide bonds. The van der Waals surface area contributed by atoms with Crippen LogP contribution in [0, 0.1) is 11.3 Å². The van der Waals surface area contributed by atoms with Gasteiger partial charge in [-0.05, 0) is 42.2 Å². The Morgan fingerprint density at radius 3 is 2.56 bits per heavy atom. The van der Waals surface area contributed by atoms with E-state index in [-0.39, 0.29) is 33.4 Å². The fourth-order valence-corrected chi connectivity index (χ4v) is 6.35. The molecule has 36 heavy (non-hydrogen) atoms. The molecule has 0 saturated carbocycles. The number of amidine groups is 3. The third kappa shape index (κ3) is 5.52. The summed E-state index contributed by atoms with van der Waals surface area (Å²) in [5.74, 6) is -0.154. The first-order chi connectivity index (χ1) is 17.2. The van der Waals surface area contributed by atoms with E-state index >= 15 is 0 Å². The number of sulfone groups is 1. The number of aliphatic imine (C=N–C) groups is 1. The number of amides is 1. The molecule has 11 heteroatoms. The molecule has 4 rings (SSSR count). The first-order valence-electron chi connectivity index (χ1n) is 11.3. The van der Waals surface area contributed by atoms with Crippen molar-refractivity contribution in [3.63, 3.8) is 0 Å². The fraction of sp³-hybridized carbons (Fsp3) is 0.280. The molecular weight excluding hydrogens is 500 g/mol. The van der Waals surface area contributed by atoms with Gasteiger partial charge in [-0.1, -0.05) is 50.2 Å². The SMILES string of the molecule is CCOc1cc(/C=C2/C(=N)N3C(=NC2=O)SN=C3S(=O)(=O)CC(C)C)ccc1OCc1ccccc1. The van der Waals surface area contributed by atoms with Gasteiger partial charge < -0.3 is 9.47 Å². The topological polar surface area (TPSA) is 121 Å². The van der Waals surface area contributed by atoms with Crippen LogP contribution in [0.15, 0.2) is 63.5 Å². The van der Waals surface area contributed by atoms with Crippen LogP contribution in [0.2, 0.25) is 0 Å².